The van der Waals surface area contributed by atoms with Crippen LogP contribution in [0.4, 0.5) is 10.3 Å². The van der Waals surface area contributed by atoms with E-state index in [1.165, 1.54) is 6.07 Å². The predicted molar refractivity (Wildman–Crippen MR) is 76.2 cm³/mol. The first-order valence-electron chi connectivity index (χ1n) is 6.81. The molecule has 0 spiro atoms. The minimum Gasteiger partial charge on any atom is -0.337 e. The summed E-state index contributed by atoms with van der Waals surface area (Å²) in [5.41, 5.74) is 1.35. The molecule has 0 unspecified atom stereocenters. The summed E-state index contributed by atoms with van der Waals surface area (Å²) in [6, 6.07) is 5.51. The molecule has 0 amide bonds. The van der Waals surface area contributed by atoms with Crippen LogP contribution >= 0.6 is 0 Å². The average Bonchev–Trinajstić information content (AvgIpc) is 2.88. The monoisotopic (exact) mass is 275 g/mol. The summed E-state index contributed by atoms with van der Waals surface area (Å²) in [5, 5.41) is 10.4. The molecule has 5 nitrogen and oxygen atoms in total. The molecule has 20 heavy (non-hydrogen) atoms. The smallest absolute Gasteiger partial charge is 0.245 e. The molecule has 0 radical (unpaired) electrons. The Balaban J connectivity index is 1.86. The lowest BCUT2D eigenvalue weighted by Gasteiger charge is -2.30. The van der Waals surface area contributed by atoms with Crippen molar-refractivity contribution < 1.29 is 4.39 Å². The number of hydrogen-bond donors (Lipinski definition) is 2. The van der Waals surface area contributed by atoms with Crippen molar-refractivity contribution >= 4 is 5.95 Å². The molecule has 1 atom stereocenters. The molecule has 1 aromatic heterocycles. The van der Waals surface area contributed by atoms with Gasteiger partial charge in [0.2, 0.25) is 5.95 Å². The summed E-state index contributed by atoms with van der Waals surface area (Å²) in [4.78, 5) is 6.53. The van der Waals surface area contributed by atoms with Gasteiger partial charge in [-0.25, -0.2) is 4.39 Å². The zero-order valence-electron chi connectivity index (χ0n) is 11.7. The van der Waals surface area contributed by atoms with Gasteiger partial charge in [-0.2, -0.15) is 4.98 Å². The standard InChI is InChI=1S/C14H18FN5/c1-9-3-4-11(12(15)7-9)13-17-14(19-18-13)20-6-5-16-10(2)8-20/h3-4,7,10,16H,5-6,8H2,1-2H3,(H,17,18,19)/t10-/m1/s1. The van der Waals surface area contributed by atoms with Crippen molar-refractivity contribution in [3.05, 3.63) is 29.6 Å². The van der Waals surface area contributed by atoms with E-state index in [1.54, 1.807) is 6.07 Å². The van der Waals surface area contributed by atoms with E-state index in [1.807, 2.05) is 13.0 Å². The van der Waals surface area contributed by atoms with Gasteiger partial charge in [0.25, 0.3) is 0 Å². The first-order chi connectivity index (χ1) is 9.63. The summed E-state index contributed by atoms with van der Waals surface area (Å²) in [7, 11) is 0. The molecule has 1 aromatic carbocycles. The average molecular weight is 275 g/mol. The molecule has 2 N–H and O–H groups in total. The third-order valence-corrected chi connectivity index (χ3v) is 3.50. The lowest BCUT2D eigenvalue weighted by molar-refractivity contribution is 0.480. The number of nitrogens with zero attached hydrogens (tertiary/aromatic N) is 3. The maximum absolute atomic E-state index is 13.9. The Morgan fingerprint density at radius 1 is 1.40 bits per heavy atom. The first kappa shape index (κ1) is 13.1. The maximum atomic E-state index is 13.9. The third kappa shape index (κ3) is 2.51. The van der Waals surface area contributed by atoms with Gasteiger partial charge in [0.15, 0.2) is 5.82 Å². The lowest BCUT2D eigenvalue weighted by atomic mass is 10.1. The van der Waals surface area contributed by atoms with Crippen molar-refractivity contribution in [2.75, 3.05) is 24.5 Å². The summed E-state index contributed by atoms with van der Waals surface area (Å²) in [5.74, 6) is 0.832. The van der Waals surface area contributed by atoms with Gasteiger partial charge < -0.3 is 10.2 Å². The molecule has 1 saturated heterocycles. The minimum atomic E-state index is -0.277. The summed E-state index contributed by atoms with van der Waals surface area (Å²) in [6.07, 6.45) is 0. The summed E-state index contributed by atoms with van der Waals surface area (Å²) in [6.45, 7) is 6.61. The van der Waals surface area contributed by atoms with Gasteiger partial charge in [-0.3, -0.25) is 5.10 Å². The zero-order valence-corrected chi connectivity index (χ0v) is 11.7. The quantitative estimate of drug-likeness (QED) is 0.876. The molecule has 6 heteroatoms. The van der Waals surface area contributed by atoms with E-state index in [9.17, 15) is 4.39 Å². The second-order valence-electron chi connectivity index (χ2n) is 5.27. The number of H-pyrrole nitrogens is 1. The number of aryl methyl sites for hydroxylation is 1. The van der Waals surface area contributed by atoms with Gasteiger partial charge in [0.1, 0.15) is 5.82 Å². The van der Waals surface area contributed by atoms with E-state index in [0.29, 0.717) is 23.4 Å². The number of aromatic amines is 1. The van der Waals surface area contributed by atoms with Crippen LogP contribution in [0, 0.1) is 12.7 Å². The Morgan fingerprint density at radius 3 is 3.00 bits per heavy atom. The van der Waals surface area contributed by atoms with E-state index in [0.717, 1.165) is 25.2 Å². The molecule has 0 bridgehead atoms. The predicted octanol–water partition coefficient (Wildman–Crippen LogP) is 1.72. The fourth-order valence-electron chi connectivity index (χ4n) is 2.44. The number of piperazine rings is 1. The Kier molecular flexibility index (Phi) is 3.40. The molecule has 3 rings (SSSR count). The van der Waals surface area contributed by atoms with Crippen molar-refractivity contribution in [1.29, 1.82) is 0 Å². The van der Waals surface area contributed by atoms with Gasteiger partial charge in [0, 0.05) is 25.7 Å². The molecule has 0 saturated carbocycles. The highest BCUT2D eigenvalue weighted by molar-refractivity contribution is 5.57. The van der Waals surface area contributed by atoms with Crippen molar-refractivity contribution in [3.63, 3.8) is 0 Å². The maximum Gasteiger partial charge on any atom is 0.245 e. The SMILES string of the molecule is Cc1ccc(-c2nc(N3CCN[C@H](C)C3)n[nH]2)c(F)c1. The fourth-order valence-corrected chi connectivity index (χ4v) is 2.44. The van der Waals surface area contributed by atoms with E-state index in [2.05, 4.69) is 32.3 Å². The first-order valence-corrected chi connectivity index (χ1v) is 6.81. The number of halogens is 1. The number of benzene rings is 1. The number of rotatable bonds is 2. The van der Waals surface area contributed by atoms with Crippen LogP contribution in [0.1, 0.15) is 12.5 Å². The number of anilines is 1. The number of nitrogens with one attached hydrogen (secondary N) is 2. The molecule has 2 heterocycles. The van der Waals surface area contributed by atoms with Crippen LogP contribution in [0.5, 0.6) is 0 Å². The highest BCUT2D eigenvalue weighted by Crippen LogP contribution is 2.22. The van der Waals surface area contributed by atoms with Crippen molar-refractivity contribution in [3.8, 4) is 11.4 Å². The molecular formula is C14H18FN5. The second-order valence-corrected chi connectivity index (χ2v) is 5.27. The molecule has 2 aromatic rings. The zero-order chi connectivity index (χ0) is 14.1. The van der Waals surface area contributed by atoms with Gasteiger partial charge in [0.05, 0.1) is 5.56 Å². The molecule has 106 valence electrons. The lowest BCUT2D eigenvalue weighted by Crippen LogP contribution is -2.49. The van der Waals surface area contributed by atoms with Crippen LogP contribution < -0.4 is 10.2 Å². The van der Waals surface area contributed by atoms with E-state index < -0.39 is 0 Å². The third-order valence-electron chi connectivity index (χ3n) is 3.50. The molecule has 0 aliphatic carbocycles. The second kappa shape index (κ2) is 5.20. The Hall–Kier alpha value is -1.95. The molecular weight excluding hydrogens is 257 g/mol. The fraction of sp³-hybridized carbons (Fsp3) is 0.429. The molecule has 1 aliphatic rings. The van der Waals surface area contributed by atoms with Gasteiger partial charge in [-0.05, 0) is 31.5 Å². The van der Waals surface area contributed by atoms with Crippen LogP contribution in [0.15, 0.2) is 18.2 Å². The minimum absolute atomic E-state index is 0.277. The Bertz CT molecular complexity index is 609. The summed E-state index contributed by atoms with van der Waals surface area (Å²) < 4.78 is 13.9. The normalized spacial score (nSPS) is 19.4. The largest absolute Gasteiger partial charge is 0.337 e. The van der Waals surface area contributed by atoms with Crippen molar-refractivity contribution in [2.24, 2.45) is 0 Å². The van der Waals surface area contributed by atoms with Crippen LogP contribution in [0.3, 0.4) is 0 Å². The van der Waals surface area contributed by atoms with Crippen molar-refractivity contribution in [1.82, 2.24) is 20.5 Å². The molecule has 1 fully saturated rings. The highest BCUT2D eigenvalue weighted by Gasteiger charge is 2.20. The highest BCUT2D eigenvalue weighted by atomic mass is 19.1. The van der Waals surface area contributed by atoms with Crippen LogP contribution in [-0.4, -0.2) is 40.9 Å². The van der Waals surface area contributed by atoms with E-state index in [4.69, 9.17) is 0 Å². The van der Waals surface area contributed by atoms with Crippen LogP contribution in [0.25, 0.3) is 11.4 Å². The molecule has 1 aliphatic heterocycles. The Morgan fingerprint density at radius 2 is 2.25 bits per heavy atom. The van der Waals surface area contributed by atoms with E-state index in [-0.39, 0.29) is 5.82 Å². The van der Waals surface area contributed by atoms with Gasteiger partial charge in [-0.15, -0.1) is 5.10 Å². The topological polar surface area (TPSA) is 56.8 Å². The number of hydrogen-bond acceptors (Lipinski definition) is 4. The van der Waals surface area contributed by atoms with Gasteiger partial charge in [-0.1, -0.05) is 6.07 Å². The summed E-state index contributed by atoms with van der Waals surface area (Å²) >= 11 is 0. The van der Waals surface area contributed by atoms with Crippen molar-refractivity contribution in [2.45, 2.75) is 19.9 Å². The Labute approximate surface area is 117 Å². The van der Waals surface area contributed by atoms with E-state index >= 15 is 0 Å². The van der Waals surface area contributed by atoms with Crippen LogP contribution in [0.2, 0.25) is 0 Å². The van der Waals surface area contributed by atoms with Gasteiger partial charge >= 0.3 is 0 Å². The van der Waals surface area contributed by atoms with Crippen LogP contribution in [-0.2, 0) is 0 Å². The number of aromatic nitrogens is 3.